The lowest BCUT2D eigenvalue weighted by molar-refractivity contribution is 0.594. The summed E-state index contributed by atoms with van der Waals surface area (Å²) < 4.78 is 23.1. The van der Waals surface area contributed by atoms with E-state index in [-0.39, 0.29) is 5.03 Å². The van der Waals surface area contributed by atoms with Crippen molar-refractivity contribution in [2.24, 2.45) is 11.1 Å². The number of halogens is 1. The monoisotopic (exact) mass is 398 g/mol. The molecule has 0 bridgehead atoms. The lowest BCUT2D eigenvalue weighted by Gasteiger charge is -2.10. The molecule has 4 N–H and O–H groups in total. The number of hydrogen-bond donors (Lipinski definition) is 3. The molecule has 1 aliphatic carbocycles. The normalized spacial score (nSPS) is 14.5. The van der Waals surface area contributed by atoms with E-state index < -0.39 is 10.0 Å². The minimum Gasteiger partial charge on any atom is -0.369 e. The van der Waals surface area contributed by atoms with Crippen molar-refractivity contribution >= 4 is 43.4 Å². The van der Waals surface area contributed by atoms with Gasteiger partial charge in [-0.1, -0.05) is 0 Å². The topological polar surface area (TPSA) is 123 Å². The van der Waals surface area contributed by atoms with Gasteiger partial charge in [0.05, 0.1) is 16.4 Å². The minimum atomic E-state index is -3.80. The number of nitrogens with two attached hydrogens (primary N) is 1. The van der Waals surface area contributed by atoms with Crippen LogP contribution in [0.4, 0.5) is 17.5 Å². The molecule has 8 nitrogen and oxygen atoms in total. The smallest absolute Gasteiger partial charge is 0.255 e. The first-order valence-corrected chi connectivity index (χ1v) is 9.28. The number of rotatable bonds is 6. The fraction of sp³-hybridized carbons (Fsp3) is 0.308. The van der Waals surface area contributed by atoms with Crippen LogP contribution in [0.25, 0.3) is 0 Å². The molecule has 1 saturated carbocycles. The molecule has 3 rings (SSSR count). The van der Waals surface area contributed by atoms with Crippen LogP contribution in [0, 0.1) is 5.92 Å². The second-order valence-corrected chi connectivity index (χ2v) is 7.63. The number of anilines is 3. The SMILES string of the molecule is NS(=O)(=O)c1ccc(Nc2ncc(Br)c(NCC3CC3)n2)cn1. The summed E-state index contributed by atoms with van der Waals surface area (Å²) in [4.78, 5) is 12.4. The maximum atomic E-state index is 11.2. The van der Waals surface area contributed by atoms with E-state index in [9.17, 15) is 8.42 Å². The second kappa shape index (κ2) is 6.38. The van der Waals surface area contributed by atoms with Gasteiger partial charge in [0.25, 0.3) is 10.0 Å². The first-order valence-electron chi connectivity index (χ1n) is 6.94. The second-order valence-electron chi connectivity index (χ2n) is 5.27. The summed E-state index contributed by atoms with van der Waals surface area (Å²) in [6, 6.07) is 2.87. The van der Waals surface area contributed by atoms with Crippen molar-refractivity contribution in [1.29, 1.82) is 0 Å². The molecule has 0 amide bonds. The molecule has 23 heavy (non-hydrogen) atoms. The molecule has 122 valence electrons. The van der Waals surface area contributed by atoms with Gasteiger partial charge in [0.1, 0.15) is 5.82 Å². The van der Waals surface area contributed by atoms with E-state index in [0.29, 0.717) is 17.5 Å². The van der Waals surface area contributed by atoms with Crippen LogP contribution in [0.2, 0.25) is 0 Å². The van der Waals surface area contributed by atoms with E-state index in [4.69, 9.17) is 5.14 Å². The molecule has 0 saturated heterocycles. The minimum absolute atomic E-state index is 0.188. The van der Waals surface area contributed by atoms with Crippen LogP contribution >= 0.6 is 15.9 Å². The number of primary sulfonamides is 1. The molecular weight excluding hydrogens is 384 g/mol. The Hall–Kier alpha value is -1.78. The highest BCUT2D eigenvalue weighted by Crippen LogP contribution is 2.30. The first kappa shape index (κ1) is 16.1. The number of hydrogen-bond acceptors (Lipinski definition) is 7. The van der Waals surface area contributed by atoms with E-state index >= 15 is 0 Å². The van der Waals surface area contributed by atoms with Crippen LogP contribution in [0.3, 0.4) is 0 Å². The summed E-state index contributed by atoms with van der Waals surface area (Å²) in [5.41, 5.74) is 0.563. The van der Waals surface area contributed by atoms with Gasteiger partial charge < -0.3 is 10.6 Å². The Morgan fingerprint density at radius 1 is 1.26 bits per heavy atom. The van der Waals surface area contributed by atoms with Gasteiger partial charge in [0, 0.05) is 12.7 Å². The molecule has 2 aromatic heterocycles. The summed E-state index contributed by atoms with van der Waals surface area (Å²) in [5, 5.41) is 11.1. The fourth-order valence-corrected chi connectivity index (χ4v) is 2.65. The van der Waals surface area contributed by atoms with Crippen LogP contribution in [0.15, 0.2) is 34.0 Å². The molecule has 0 atom stereocenters. The number of nitrogens with one attached hydrogen (secondary N) is 2. The molecule has 10 heteroatoms. The van der Waals surface area contributed by atoms with Gasteiger partial charge in [0.2, 0.25) is 5.95 Å². The van der Waals surface area contributed by atoms with E-state index in [0.717, 1.165) is 16.9 Å². The van der Waals surface area contributed by atoms with Gasteiger partial charge in [-0.3, -0.25) is 0 Å². The maximum absolute atomic E-state index is 11.2. The molecule has 0 spiro atoms. The predicted octanol–water partition coefficient (Wildman–Crippen LogP) is 1.85. The van der Waals surface area contributed by atoms with Gasteiger partial charge >= 0.3 is 0 Å². The summed E-state index contributed by atoms with van der Waals surface area (Å²) in [7, 11) is -3.80. The molecule has 1 aliphatic rings. The van der Waals surface area contributed by atoms with Gasteiger partial charge in [-0.05, 0) is 46.8 Å². The number of pyridine rings is 1. The van der Waals surface area contributed by atoms with Crippen molar-refractivity contribution in [3.8, 4) is 0 Å². The highest BCUT2D eigenvalue weighted by Gasteiger charge is 2.21. The quantitative estimate of drug-likeness (QED) is 0.677. The van der Waals surface area contributed by atoms with Crippen molar-refractivity contribution in [2.75, 3.05) is 17.2 Å². The Bertz CT molecular complexity index is 808. The zero-order chi connectivity index (χ0) is 16.4. The van der Waals surface area contributed by atoms with Crippen LogP contribution in [-0.4, -0.2) is 29.9 Å². The molecule has 0 radical (unpaired) electrons. The average molecular weight is 399 g/mol. The molecule has 2 aromatic rings. The lowest BCUT2D eigenvalue weighted by atomic mass is 10.4. The van der Waals surface area contributed by atoms with E-state index in [1.54, 1.807) is 12.3 Å². The van der Waals surface area contributed by atoms with Crippen molar-refractivity contribution < 1.29 is 8.42 Å². The fourth-order valence-electron chi connectivity index (χ4n) is 1.87. The Morgan fingerprint density at radius 3 is 2.65 bits per heavy atom. The molecular formula is C13H15BrN6O2S. The highest BCUT2D eigenvalue weighted by molar-refractivity contribution is 9.10. The predicted molar refractivity (Wildman–Crippen MR) is 89.8 cm³/mol. The van der Waals surface area contributed by atoms with E-state index in [2.05, 4.69) is 41.5 Å². The van der Waals surface area contributed by atoms with Crippen molar-refractivity contribution in [1.82, 2.24) is 15.0 Å². The summed E-state index contributed by atoms with van der Waals surface area (Å²) >= 11 is 3.41. The number of aromatic nitrogens is 3. The van der Waals surface area contributed by atoms with Crippen molar-refractivity contribution in [3.63, 3.8) is 0 Å². The molecule has 0 aromatic carbocycles. The third-order valence-corrected chi connectivity index (χ3v) is 4.69. The Kier molecular flexibility index (Phi) is 4.46. The summed E-state index contributed by atoms with van der Waals surface area (Å²) in [6.45, 7) is 0.889. The van der Waals surface area contributed by atoms with Gasteiger partial charge in [-0.2, -0.15) is 4.98 Å². The average Bonchev–Trinajstić information content (AvgIpc) is 3.32. The van der Waals surface area contributed by atoms with Crippen molar-refractivity contribution in [3.05, 3.63) is 29.0 Å². The standard InChI is InChI=1S/C13H15BrN6O2S/c14-10-7-18-13(20-12(10)17-5-8-1-2-8)19-9-3-4-11(16-6-9)23(15,21)22/h3-4,6-8H,1-2,5H2,(H2,15,21,22)(H2,17,18,19,20). The Morgan fingerprint density at radius 2 is 2.04 bits per heavy atom. The Balaban J connectivity index is 1.72. The van der Waals surface area contributed by atoms with Crippen molar-refractivity contribution in [2.45, 2.75) is 17.9 Å². The largest absolute Gasteiger partial charge is 0.369 e. The summed E-state index contributed by atoms with van der Waals surface area (Å²) in [6.07, 6.45) is 5.52. The number of sulfonamides is 1. The van der Waals surface area contributed by atoms with Gasteiger partial charge in [0.15, 0.2) is 5.03 Å². The molecule has 0 aliphatic heterocycles. The van der Waals surface area contributed by atoms with Crippen LogP contribution < -0.4 is 15.8 Å². The molecule has 2 heterocycles. The molecule has 0 unspecified atom stereocenters. The first-order chi connectivity index (χ1) is 10.9. The van der Waals surface area contributed by atoms with Crippen LogP contribution in [0.5, 0.6) is 0 Å². The maximum Gasteiger partial charge on any atom is 0.255 e. The summed E-state index contributed by atoms with van der Waals surface area (Å²) in [5.74, 6) is 1.82. The Labute approximate surface area is 142 Å². The van der Waals surface area contributed by atoms with Gasteiger partial charge in [-0.15, -0.1) is 0 Å². The third-order valence-electron chi connectivity index (χ3n) is 3.28. The van der Waals surface area contributed by atoms with E-state index in [1.165, 1.54) is 25.1 Å². The molecule has 1 fully saturated rings. The zero-order valence-corrected chi connectivity index (χ0v) is 14.4. The van der Waals surface area contributed by atoms with Crippen LogP contribution in [-0.2, 0) is 10.0 Å². The van der Waals surface area contributed by atoms with Crippen LogP contribution in [0.1, 0.15) is 12.8 Å². The zero-order valence-electron chi connectivity index (χ0n) is 12.0. The third kappa shape index (κ3) is 4.36. The van der Waals surface area contributed by atoms with Gasteiger partial charge in [-0.25, -0.2) is 23.5 Å². The highest BCUT2D eigenvalue weighted by atomic mass is 79.9. The van der Waals surface area contributed by atoms with E-state index in [1.807, 2.05) is 0 Å². The lowest BCUT2D eigenvalue weighted by Crippen LogP contribution is -2.13. The number of nitrogens with zero attached hydrogens (tertiary/aromatic N) is 3.